The van der Waals surface area contributed by atoms with Crippen LogP contribution in [-0.2, 0) is 0 Å². The van der Waals surface area contributed by atoms with Crippen LogP contribution in [0, 0.1) is 13.8 Å². The lowest BCUT2D eigenvalue weighted by molar-refractivity contribution is 0.0941. The number of carbonyl (C=O) groups excluding carboxylic acids is 1. The third kappa shape index (κ3) is 2.92. The Labute approximate surface area is 114 Å². The average Bonchev–Trinajstić information content (AvgIpc) is 2.38. The lowest BCUT2D eigenvalue weighted by atomic mass is 10.0. The zero-order valence-corrected chi connectivity index (χ0v) is 11.9. The predicted octanol–water partition coefficient (Wildman–Crippen LogP) is 3.38. The number of aryl methyl sites for hydroxylation is 2. The average molecular weight is 256 g/mol. The molecule has 1 aromatic heterocycles. The standard InChI is InChI=1S/C16H20N2O/c1-5-11(3)18-16(19)14-9-12(4)17-15-7-6-10(2)8-13(14)15/h6-9,11H,5H2,1-4H3,(H,18,19)/t11-/m0/s1. The number of nitrogens with one attached hydrogen (secondary N) is 1. The molecule has 100 valence electrons. The van der Waals surface area contributed by atoms with Crippen molar-refractivity contribution in [2.45, 2.75) is 40.2 Å². The molecule has 1 heterocycles. The highest BCUT2D eigenvalue weighted by Gasteiger charge is 2.13. The second-order valence-electron chi connectivity index (χ2n) is 5.11. The van der Waals surface area contributed by atoms with Crippen molar-refractivity contribution in [3.63, 3.8) is 0 Å². The smallest absolute Gasteiger partial charge is 0.252 e. The topological polar surface area (TPSA) is 42.0 Å². The molecule has 2 rings (SSSR count). The van der Waals surface area contributed by atoms with E-state index in [2.05, 4.69) is 17.2 Å². The molecule has 3 nitrogen and oxygen atoms in total. The van der Waals surface area contributed by atoms with E-state index in [0.29, 0.717) is 5.56 Å². The Morgan fingerprint density at radius 1 is 1.32 bits per heavy atom. The van der Waals surface area contributed by atoms with Crippen molar-refractivity contribution in [3.8, 4) is 0 Å². The first-order chi connectivity index (χ1) is 9.01. The fourth-order valence-corrected chi connectivity index (χ4v) is 2.06. The summed E-state index contributed by atoms with van der Waals surface area (Å²) in [6.45, 7) is 8.01. The first-order valence-electron chi connectivity index (χ1n) is 6.70. The summed E-state index contributed by atoms with van der Waals surface area (Å²) in [6, 6.07) is 8.05. The van der Waals surface area contributed by atoms with Crippen LogP contribution in [0.25, 0.3) is 10.9 Å². The van der Waals surface area contributed by atoms with E-state index >= 15 is 0 Å². The molecule has 2 aromatic rings. The van der Waals surface area contributed by atoms with Gasteiger partial charge in [0.15, 0.2) is 0 Å². The number of benzene rings is 1. The van der Waals surface area contributed by atoms with Crippen LogP contribution in [0.5, 0.6) is 0 Å². The zero-order valence-electron chi connectivity index (χ0n) is 11.9. The summed E-state index contributed by atoms with van der Waals surface area (Å²) in [6.07, 6.45) is 0.923. The quantitative estimate of drug-likeness (QED) is 0.914. The number of hydrogen-bond donors (Lipinski definition) is 1. The van der Waals surface area contributed by atoms with E-state index < -0.39 is 0 Å². The van der Waals surface area contributed by atoms with Crippen molar-refractivity contribution in [1.29, 1.82) is 0 Å². The van der Waals surface area contributed by atoms with E-state index in [4.69, 9.17) is 0 Å². The van der Waals surface area contributed by atoms with E-state index in [-0.39, 0.29) is 11.9 Å². The number of fused-ring (bicyclic) bond motifs is 1. The summed E-state index contributed by atoms with van der Waals surface area (Å²) in [5, 5.41) is 3.94. The van der Waals surface area contributed by atoms with Gasteiger partial charge in [0.2, 0.25) is 0 Å². The summed E-state index contributed by atoms with van der Waals surface area (Å²) in [5.41, 5.74) is 3.59. The Balaban J connectivity index is 2.52. The molecule has 0 aliphatic rings. The Hall–Kier alpha value is -1.90. The fourth-order valence-electron chi connectivity index (χ4n) is 2.06. The van der Waals surface area contributed by atoms with Gasteiger partial charge in [-0.1, -0.05) is 18.6 Å². The van der Waals surface area contributed by atoms with Gasteiger partial charge in [-0.15, -0.1) is 0 Å². The molecule has 0 saturated carbocycles. The summed E-state index contributed by atoms with van der Waals surface area (Å²) in [7, 11) is 0. The number of hydrogen-bond acceptors (Lipinski definition) is 2. The van der Waals surface area contributed by atoms with Crippen molar-refractivity contribution in [3.05, 3.63) is 41.1 Å². The van der Waals surface area contributed by atoms with Crippen molar-refractivity contribution < 1.29 is 4.79 Å². The van der Waals surface area contributed by atoms with Gasteiger partial charge in [-0.3, -0.25) is 9.78 Å². The Kier molecular flexibility index (Phi) is 3.84. The molecule has 0 bridgehead atoms. The minimum Gasteiger partial charge on any atom is -0.350 e. The number of rotatable bonds is 3. The third-order valence-electron chi connectivity index (χ3n) is 3.33. The van der Waals surface area contributed by atoms with E-state index in [1.165, 1.54) is 0 Å². The molecule has 1 amide bonds. The highest BCUT2D eigenvalue weighted by Crippen LogP contribution is 2.20. The molecule has 1 N–H and O–H groups in total. The highest BCUT2D eigenvalue weighted by molar-refractivity contribution is 6.06. The van der Waals surface area contributed by atoms with Crippen LogP contribution in [0.2, 0.25) is 0 Å². The summed E-state index contributed by atoms with van der Waals surface area (Å²) in [4.78, 5) is 16.8. The second-order valence-corrected chi connectivity index (χ2v) is 5.11. The Morgan fingerprint density at radius 3 is 2.74 bits per heavy atom. The van der Waals surface area contributed by atoms with Crippen LogP contribution in [0.3, 0.4) is 0 Å². The van der Waals surface area contributed by atoms with Crippen molar-refractivity contribution in [2.24, 2.45) is 0 Å². The predicted molar refractivity (Wildman–Crippen MR) is 78.4 cm³/mol. The van der Waals surface area contributed by atoms with Gasteiger partial charge in [0.05, 0.1) is 11.1 Å². The number of pyridine rings is 1. The first kappa shape index (κ1) is 13.5. The lowest BCUT2D eigenvalue weighted by Crippen LogP contribution is -2.32. The summed E-state index contributed by atoms with van der Waals surface area (Å²) in [5.74, 6) is -0.0181. The van der Waals surface area contributed by atoms with Crippen LogP contribution >= 0.6 is 0 Å². The minimum absolute atomic E-state index is 0.0181. The van der Waals surface area contributed by atoms with Crippen LogP contribution in [0.15, 0.2) is 24.3 Å². The number of aromatic nitrogens is 1. The molecular formula is C16H20N2O. The zero-order chi connectivity index (χ0) is 14.0. The maximum atomic E-state index is 12.4. The third-order valence-corrected chi connectivity index (χ3v) is 3.33. The Bertz CT molecular complexity index is 619. The molecular weight excluding hydrogens is 236 g/mol. The van der Waals surface area contributed by atoms with Crippen LogP contribution < -0.4 is 5.32 Å². The fraction of sp³-hybridized carbons (Fsp3) is 0.375. The molecule has 0 spiro atoms. The highest BCUT2D eigenvalue weighted by atomic mass is 16.1. The molecule has 0 aliphatic carbocycles. The number of amides is 1. The summed E-state index contributed by atoms with van der Waals surface area (Å²) >= 11 is 0. The maximum absolute atomic E-state index is 12.4. The van der Waals surface area contributed by atoms with Gasteiger partial charge in [-0.05, 0) is 45.4 Å². The number of carbonyl (C=O) groups is 1. The van der Waals surface area contributed by atoms with Gasteiger partial charge >= 0.3 is 0 Å². The van der Waals surface area contributed by atoms with Crippen molar-refractivity contribution >= 4 is 16.8 Å². The van der Waals surface area contributed by atoms with Crippen LogP contribution in [-0.4, -0.2) is 16.9 Å². The van der Waals surface area contributed by atoms with E-state index in [1.54, 1.807) is 0 Å². The van der Waals surface area contributed by atoms with Gasteiger partial charge in [0, 0.05) is 17.1 Å². The molecule has 0 aliphatic heterocycles. The molecule has 0 saturated heterocycles. The molecule has 3 heteroatoms. The van der Waals surface area contributed by atoms with Crippen LogP contribution in [0.1, 0.15) is 41.9 Å². The maximum Gasteiger partial charge on any atom is 0.252 e. The van der Waals surface area contributed by atoms with Crippen LogP contribution in [0.4, 0.5) is 0 Å². The molecule has 19 heavy (non-hydrogen) atoms. The van der Waals surface area contributed by atoms with Crippen molar-refractivity contribution in [2.75, 3.05) is 0 Å². The minimum atomic E-state index is -0.0181. The van der Waals surface area contributed by atoms with Crippen molar-refractivity contribution in [1.82, 2.24) is 10.3 Å². The molecule has 0 unspecified atom stereocenters. The second kappa shape index (κ2) is 5.39. The van der Waals surface area contributed by atoms with Gasteiger partial charge in [0.25, 0.3) is 5.91 Å². The van der Waals surface area contributed by atoms with E-state index in [1.807, 2.05) is 45.0 Å². The normalized spacial score (nSPS) is 12.4. The monoisotopic (exact) mass is 256 g/mol. The molecule has 1 aromatic carbocycles. The van der Waals surface area contributed by atoms with Gasteiger partial charge in [-0.25, -0.2) is 0 Å². The van der Waals surface area contributed by atoms with Gasteiger partial charge in [0.1, 0.15) is 0 Å². The Morgan fingerprint density at radius 2 is 2.05 bits per heavy atom. The first-order valence-corrected chi connectivity index (χ1v) is 6.70. The molecule has 1 atom stereocenters. The number of nitrogens with zero attached hydrogens (tertiary/aromatic N) is 1. The van der Waals surface area contributed by atoms with Gasteiger partial charge < -0.3 is 5.32 Å². The molecule has 0 radical (unpaired) electrons. The van der Waals surface area contributed by atoms with E-state index in [9.17, 15) is 4.79 Å². The lowest BCUT2D eigenvalue weighted by Gasteiger charge is -2.13. The van der Waals surface area contributed by atoms with E-state index in [0.717, 1.165) is 28.6 Å². The largest absolute Gasteiger partial charge is 0.350 e. The summed E-state index contributed by atoms with van der Waals surface area (Å²) < 4.78 is 0. The van der Waals surface area contributed by atoms with Gasteiger partial charge in [-0.2, -0.15) is 0 Å². The molecule has 0 fully saturated rings. The SMILES string of the molecule is CC[C@H](C)NC(=O)c1cc(C)nc2ccc(C)cc12.